The quantitative estimate of drug-likeness (QED) is 0.756. The number of hydrogen-bond donors (Lipinski definition) is 2. The summed E-state index contributed by atoms with van der Waals surface area (Å²) in [6, 6.07) is 13.6. The maximum absolute atomic E-state index is 12.0. The van der Waals surface area contributed by atoms with Crippen molar-refractivity contribution in [2.45, 2.75) is 0 Å². The molecule has 20 heavy (non-hydrogen) atoms. The van der Waals surface area contributed by atoms with Gasteiger partial charge in [0.1, 0.15) is 5.75 Å². The Morgan fingerprint density at radius 2 is 1.85 bits per heavy atom. The molecule has 5 heteroatoms. The molecule has 1 aromatic heterocycles. The van der Waals surface area contributed by atoms with E-state index in [0.717, 1.165) is 0 Å². The molecule has 4 nitrogen and oxygen atoms in total. The maximum Gasteiger partial charge on any atom is 0.295 e. The molecule has 0 bridgehead atoms. The monoisotopic (exact) mass is 287 g/mol. The zero-order valence-corrected chi connectivity index (χ0v) is 11.0. The number of halogens is 1. The highest BCUT2D eigenvalue weighted by atomic mass is 35.5. The second-order valence-electron chi connectivity index (χ2n) is 4.24. The van der Waals surface area contributed by atoms with Gasteiger partial charge < -0.3 is 14.8 Å². The minimum Gasteiger partial charge on any atom is -0.504 e. The van der Waals surface area contributed by atoms with E-state index in [2.05, 4.69) is 4.98 Å². The van der Waals surface area contributed by atoms with Crippen LogP contribution in [0.4, 0.5) is 0 Å². The molecule has 2 N–H and O–H groups in total. The average molecular weight is 288 g/mol. The van der Waals surface area contributed by atoms with Crippen molar-refractivity contribution in [1.29, 1.82) is 0 Å². The Kier molecular flexibility index (Phi) is 3.08. The number of pyridine rings is 1. The summed E-state index contributed by atoms with van der Waals surface area (Å²) in [5.74, 6) is 0.136. The summed E-state index contributed by atoms with van der Waals surface area (Å²) in [5.41, 5.74) is -0.0541. The first-order valence-corrected chi connectivity index (χ1v) is 6.30. The minimum atomic E-state index is -0.513. The van der Waals surface area contributed by atoms with Gasteiger partial charge in [-0.25, -0.2) is 0 Å². The van der Waals surface area contributed by atoms with E-state index >= 15 is 0 Å². The summed E-state index contributed by atoms with van der Waals surface area (Å²) in [7, 11) is 0. The van der Waals surface area contributed by atoms with Crippen LogP contribution in [0.5, 0.6) is 17.2 Å². The SMILES string of the molecule is O=c1[nH]c2cc(Cl)ccc2c(O)c1Oc1ccccc1. The van der Waals surface area contributed by atoms with Gasteiger partial charge in [-0.15, -0.1) is 0 Å². The Hall–Kier alpha value is -2.46. The van der Waals surface area contributed by atoms with Crippen molar-refractivity contribution in [3.63, 3.8) is 0 Å². The first-order valence-electron chi connectivity index (χ1n) is 5.92. The molecule has 0 spiro atoms. The lowest BCUT2D eigenvalue weighted by molar-refractivity contribution is 0.410. The molecule has 0 unspecified atom stereocenters. The van der Waals surface area contributed by atoms with E-state index in [1.165, 1.54) is 0 Å². The Morgan fingerprint density at radius 3 is 2.60 bits per heavy atom. The molecule has 0 aliphatic carbocycles. The van der Waals surface area contributed by atoms with Gasteiger partial charge in [0.05, 0.1) is 5.52 Å². The van der Waals surface area contributed by atoms with Gasteiger partial charge in [-0.2, -0.15) is 0 Å². The number of aromatic nitrogens is 1. The predicted octanol–water partition coefficient (Wildman–Crippen LogP) is 3.68. The standard InChI is InChI=1S/C15H10ClNO3/c16-9-6-7-11-12(8-9)17-15(19)14(13(11)18)20-10-4-2-1-3-5-10/h1-8H,(H2,17,18,19). The van der Waals surface area contributed by atoms with Gasteiger partial charge in [0.15, 0.2) is 5.75 Å². The lowest BCUT2D eigenvalue weighted by Crippen LogP contribution is -2.09. The number of aromatic amines is 1. The van der Waals surface area contributed by atoms with Gasteiger partial charge in [0.2, 0.25) is 5.75 Å². The summed E-state index contributed by atoms with van der Waals surface area (Å²) in [6.07, 6.45) is 0. The van der Waals surface area contributed by atoms with E-state index in [-0.39, 0.29) is 11.5 Å². The highest BCUT2D eigenvalue weighted by Crippen LogP contribution is 2.33. The van der Waals surface area contributed by atoms with E-state index in [4.69, 9.17) is 16.3 Å². The molecule has 100 valence electrons. The van der Waals surface area contributed by atoms with Gasteiger partial charge in [-0.05, 0) is 30.3 Å². The summed E-state index contributed by atoms with van der Waals surface area (Å²) in [6.45, 7) is 0. The van der Waals surface area contributed by atoms with Crippen LogP contribution in [0.1, 0.15) is 0 Å². The third-order valence-electron chi connectivity index (χ3n) is 2.87. The van der Waals surface area contributed by atoms with Crippen molar-refractivity contribution in [2.24, 2.45) is 0 Å². The molecule has 0 saturated carbocycles. The molecule has 2 aromatic carbocycles. The fraction of sp³-hybridized carbons (Fsp3) is 0. The van der Waals surface area contributed by atoms with E-state index < -0.39 is 5.56 Å². The van der Waals surface area contributed by atoms with Crippen molar-refractivity contribution >= 4 is 22.5 Å². The van der Waals surface area contributed by atoms with E-state index in [1.807, 2.05) is 6.07 Å². The van der Waals surface area contributed by atoms with E-state index in [9.17, 15) is 9.90 Å². The van der Waals surface area contributed by atoms with Crippen molar-refractivity contribution < 1.29 is 9.84 Å². The highest BCUT2D eigenvalue weighted by molar-refractivity contribution is 6.31. The molecule has 0 amide bonds. The van der Waals surface area contributed by atoms with Gasteiger partial charge in [-0.1, -0.05) is 29.8 Å². The van der Waals surface area contributed by atoms with Gasteiger partial charge in [0, 0.05) is 10.4 Å². The first-order chi connectivity index (χ1) is 9.65. The van der Waals surface area contributed by atoms with Crippen LogP contribution in [0.15, 0.2) is 53.3 Å². The Labute approximate surface area is 119 Å². The predicted molar refractivity (Wildman–Crippen MR) is 77.8 cm³/mol. The fourth-order valence-corrected chi connectivity index (χ4v) is 2.11. The van der Waals surface area contributed by atoms with Crippen LogP contribution in [0.25, 0.3) is 10.9 Å². The number of rotatable bonds is 2. The number of ether oxygens (including phenoxy) is 1. The lowest BCUT2D eigenvalue weighted by Gasteiger charge is -2.09. The number of para-hydroxylation sites is 1. The molecule has 3 rings (SSSR count). The minimum absolute atomic E-state index is 0.133. The van der Waals surface area contributed by atoms with Crippen molar-refractivity contribution in [2.75, 3.05) is 0 Å². The summed E-state index contributed by atoms with van der Waals surface area (Å²) >= 11 is 5.86. The van der Waals surface area contributed by atoms with Crippen LogP contribution in [0, 0.1) is 0 Å². The molecule has 0 atom stereocenters. The molecule has 3 aromatic rings. The Balaban J connectivity index is 2.16. The summed E-state index contributed by atoms with van der Waals surface area (Å²) in [4.78, 5) is 14.6. The molecular formula is C15H10ClNO3. The molecule has 0 saturated heterocycles. The van der Waals surface area contributed by atoms with Gasteiger partial charge in [0.25, 0.3) is 5.56 Å². The third kappa shape index (κ3) is 2.21. The molecule has 0 aliphatic rings. The molecule has 1 heterocycles. The van der Waals surface area contributed by atoms with Crippen molar-refractivity contribution in [3.8, 4) is 17.2 Å². The normalized spacial score (nSPS) is 10.7. The molecule has 0 radical (unpaired) electrons. The summed E-state index contributed by atoms with van der Waals surface area (Å²) in [5, 5.41) is 11.1. The van der Waals surface area contributed by atoms with Crippen LogP contribution in [-0.4, -0.2) is 10.1 Å². The van der Waals surface area contributed by atoms with Gasteiger partial charge >= 0.3 is 0 Å². The van der Waals surface area contributed by atoms with Crippen LogP contribution in [-0.2, 0) is 0 Å². The van der Waals surface area contributed by atoms with E-state index in [0.29, 0.717) is 21.7 Å². The Morgan fingerprint density at radius 1 is 1.10 bits per heavy atom. The number of benzene rings is 2. The first kappa shape index (κ1) is 12.6. The van der Waals surface area contributed by atoms with Gasteiger partial charge in [-0.3, -0.25) is 4.79 Å². The number of aromatic hydroxyl groups is 1. The topological polar surface area (TPSA) is 62.3 Å². The second kappa shape index (κ2) is 4.90. The second-order valence-corrected chi connectivity index (χ2v) is 4.67. The molecular weight excluding hydrogens is 278 g/mol. The number of nitrogens with one attached hydrogen (secondary N) is 1. The number of H-pyrrole nitrogens is 1. The van der Waals surface area contributed by atoms with Crippen LogP contribution < -0.4 is 10.3 Å². The lowest BCUT2D eigenvalue weighted by atomic mass is 10.2. The average Bonchev–Trinajstić information content (AvgIpc) is 2.44. The molecule has 0 fully saturated rings. The number of hydrogen-bond acceptors (Lipinski definition) is 3. The van der Waals surface area contributed by atoms with Crippen LogP contribution in [0.2, 0.25) is 5.02 Å². The number of fused-ring (bicyclic) bond motifs is 1. The summed E-state index contributed by atoms with van der Waals surface area (Å²) < 4.78 is 5.45. The Bertz CT molecular complexity index is 828. The largest absolute Gasteiger partial charge is 0.504 e. The highest BCUT2D eigenvalue weighted by Gasteiger charge is 2.14. The van der Waals surface area contributed by atoms with Crippen molar-refractivity contribution in [1.82, 2.24) is 4.98 Å². The van der Waals surface area contributed by atoms with E-state index in [1.54, 1.807) is 42.5 Å². The fourth-order valence-electron chi connectivity index (χ4n) is 1.94. The van der Waals surface area contributed by atoms with Crippen LogP contribution >= 0.6 is 11.6 Å². The van der Waals surface area contributed by atoms with Crippen molar-refractivity contribution in [3.05, 3.63) is 63.9 Å². The maximum atomic E-state index is 12.0. The third-order valence-corrected chi connectivity index (χ3v) is 3.10. The zero-order valence-electron chi connectivity index (χ0n) is 10.3. The molecule has 0 aliphatic heterocycles. The zero-order chi connectivity index (χ0) is 14.1. The smallest absolute Gasteiger partial charge is 0.295 e. The van der Waals surface area contributed by atoms with Crippen LogP contribution in [0.3, 0.4) is 0 Å².